The Labute approximate surface area is 223 Å². The number of rotatable bonds is 9. The van der Waals surface area contributed by atoms with Crippen LogP contribution < -0.4 is 14.2 Å². The van der Waals surface area contributed by atoms with Crippen LogP contribution in [0.5, 0.6) is 17.2 Å². The van der Waals surface area contributed by atoms with E-state index in [0.29, 0.717) is 11.5 Å². The summed E-state index contributed by atoms with van der Waals surface area (Å²) < 4.78 is 23.9. The van der Waals surface area contributed by atoms with Crippen LogP contribution in [0.2, 0.25) is 0 Å². The van der Waals surface area contributed by atoms with Gasteiger partial charge in [-0.3, -0.25) is 0 Å². The van der Waals surface area contributed by atoms with Crippen molar-refractivity contribution >= 4 is 22.8 Å². The van der Waals surface area contributed by atoms with E-state index < -0.39 is 11.6 Å². The highest BCUT2D eigenvalue weighted by atomic mass is 16.6. The highest BCUT2D eigenvalue weighted by Crippen LogP contribution is 2.50. The molecule has 0 N–H and O–H groups in total. The Balaban J connectivity index is 1.53. The van der Waals surface area contributed by atoms with Crippen LogP contribution in [-0.4, -0.2) is 26.3 Å². The number of carbonyl (C=O) groups is 1. The lowest BCUT2D eigenvalue weighted by atomic mass is 9.76. The number of fused-ring (bicyclic) bond motifs is 3. The lowest BCUT2D eigenvalue weighted by Gasteiger charge is -2.41. The van der Waals surface area contributed by atoms with E-state index in [0.717, 1.165) is 34.1 Å². The highest BCUT2D eigenvalue weighted by molar-refractivity contribution is 5.96. The van der Waals surface area contributed by atoms with Crippen molar-refractivity contribution in [3.05, 3.63) is 121 Å². The molecule has 5 rings (SSSR count). The Hall–Kier alpha value is -4.51. The van der Waals surface area contributed by atoms with E-state index in [9.17, 15) is 4.79 Å². The number of methoxy groups -OCH3 is 1. The molecule has 5 nitrogen and oxygen atoms in total. The fraction of sp³-hybridized carbons (Fsp3) is 0.182. The molecule has 0 spiro atoms. The second-order valence-electron chi connectivity index (χ2n) is 9.06. The molecule has 1 heterocycles. The first-order valence-corrected chi connectivity index (χ1v) is 12.6. The SMILES string of the molecule is C=C/C=C/C(=O)OCCOc1cc2ccccc2c2c1OC(c1ccc(OC)cc1)(C1C=CC=CC1)C=C2. The Morgan fingerprint density at radius 3 is 2.74 bits per heavy atom. The average Bonchev–Trinajstić information content (AvgIpc) is 2.98. The third kappa shape index (κ3) is 5.00. The smallest absolute Gasteiger partial charge is 0.330 e. The molecule has 3 aromatic rings. The zero-order chi connectivity index (χ0) is 26.4. The molecule has 0 aromatic heterocycles. The van der Waals surface area contributed by atoms with Crippen LogP contribution in [0.3, 0.4) is 0 Å². The maximum absolute atomic E-state index is 11.8. The number of hydrogen-bond donors (Lipinski definition) is 0. The molecule has 38 heavy (non-hydrogen) atoms. The standard InChI is InChI=1S/C33H30O5/c1-3-4-14-31(34)37-22-21-36-30-23-24-10-8-9-13-28(24)29-19-20-33(38-32(29)30,25-11-6-5-7-12-25)26-15-17-27(35-2)18-16-26/h3-11,13-20,23,25H,1,12,21-22H2,2H3/b14-4+. The largest absolute Gasteiger partial charge is 0.497 e. The van der Waals surface area contributed by atoms with Crippen LogP contribution in [0.1, 0.15) is 17.5 Å². The Bertz CT molecular complexity index is 1440. The summed E-state index contributed by atoms with van der Waals surface area (Å²) in [5.74, 6) is 1.69. The van der Waals surface area contributed by atoms with Gasteiger partial charge in [0.2, 0.25) is 0 Å². The fourth-order valence-corrected chi connectivity index (χ4v) is 4.93. The summed E-state index contributed by atoms with van der Waals surface area (Å²) in [5.41, 5.74) is 1.24. The first-order valence-electron chi connectivity index (χ1n) is 12.6. The van der Waals surface area contributed by atoms with E-state index >= 15 is 0 Å². The van der Waals surface area contributed by atoms with E-state index in [2.05, 4.69) is 67.3 Å². The first kappa shape index (κ1) is 25.2. The minimum atomic E-state index is -0.747. The number of allylic oxidation sites excluding steroid dienone is 5. The molecule has 2 atom stereocenters. The molecule has 0 saturated heterocycles. The summed E-state index contributed by atoms with van der Waals surface area (Å²) in [4.78, 5) is 11.8. The minimum absolute atomic E-state index is 0.0715. The van der Waals surface area contributed by atoms with Crippen molar-refractivity contribution in [2.75, 3.05) is 20.3 Å². The molecule has 1 aliphatic carbocycles. The van der Waals surface area contributed by atoms with Gasteiger partial charge in [0.15, 0.2) is 17.1 Å². The second-order valence-corrected chi connectivity index (χ2v) is 9.06. The van der Waals surface area contributed by atoms with Crippen LogP contribution in [0.15, 0.2) is 110 Å². The second kappa shape index (κ2) is 11.3. The predicted octanol–water partition coefficient (Wildman–Crippen LogP) is 6.95. The molecule has 5 heteroatoms. The molecule has 0 fully saturated rings. The number of ether oxygens (including phenoxy) is 4. The van der Waals surface area contributed by atoms with Gasteiger partial charge in [-0.2, -0.15) is 0 Å². The molecule has 192 valence electrons. The lowest BCUT2D eigenvalue weighted by Crippen LogP contribution is -2.40. The van der Waals surface area contributed by atoms with Crippen molar-refractivity contribution in [3.8, 4) is 17.2 Å². The summed E-state index contributed by atoms with van der Waals surface area (Å²) in [6, 6.07) is 18.2. The highest BCUT2D eigenvalue weighted by Gasteiger charge is 2.42. The summed E-state index contributed by atoms with van der Waals surface area (Å²) in [7, 11) is 1.66. The van der Waals surface area contributed by atoms with Crippen LogP contribution >= 0.6 is 0 Å². The van der Waals surface area contributed by atoms with Crippen LogP contribution in [0.25, 0.3) is 16.8 Å². The van der Waals surface area contributed by atoms with Crippen molar-refractivity contribution in [2.45, 2.75) is 12.0 Å². The van der Waals surface area contributed by atoms with Gasteiger partial charge in [-0.15, -0.1) is 0 Å². The fourth-order valence-electron chi connectivity index (χ4n) is 4.93. The third-order valence-corrected chi connectivity index (χ3v) is 6.80. The summed E-state index contributed by atoms with van der Waals surface area (Å²) >= 11 is 0. The van der Waals surface area contributed by atoms with Crippen LogP contribution in [0.4, 0.5) is 0 Å². The topological polar surface area (TPSA) is 54.0 Å². The molecule has 2 unspecified atom stereocenters. The molecule has 0 saturated carbocycles. The number of benzene rings is 3. The molecular weight excluding hydrogens is 476 g/mol. The van der Waals surface area contributed by atoms with Crippen LogP contribution in [0, 0.1) is 5.92 Å². The van der Waals surface area contributed by atoms with Crippen molar-refractivity contribution in [1.29, 1.82) is 0 Å². The van der Waals surface area contributed by atoms with Crippen molar-refractivity contribution in [2.24, 2.45) is 5.92 Å². The Kier molecular flexibility index (Phi) is 7.45. The lowest BCUT2D eigenvalue weighted by molar-refractivity contribution is -0.138. The van der Waals surface area contributed by atoms with Gasteiger partial charge in [0.25, 0.3) is 0 Å². The normalized spacial score (nSPS) is 19.7. The van der Waals surface area contributed by atoms with Gasteiger partial charge in [-0.1, -0.05) is 85.5 Å². The number of hydrogen-bond acceptors (Lipinski definition) is 5. The summed E-state index contributed by atoms with van der Waals surface area (Å²) in [5, 5.41) is 2.12. The van der Waals surface area contributed by atoms with Gasteiger partial charge < -0.3 is 18.9 Å². The minimum Gasteiger partial charge on any atom is -0.497 e. The zero-order valence-electron chi connectivity index (χ0n) is 21.3. The molecule has 1 aliphatic heterocycles. The van der Waals surface area contributed by atoms with Gasteiger partial charge in [-0.05, 0) is 41.5 Å². The maximum Gasteiger partial charge on any atom is 0.330 e. The maximum atomic E-state index is 11.8. The monoisotopic (exact) mass is 506 g/mol. The number of esters is 1. The first-order chi connectivity index (χ1) is 18.6. The van der Waals surface area contributed by atoms with Gasteiger partial charge >= 0.3 is 5.97 Å². The summed E-state index contributed by atoms with van der Waals surface area (Å²) in [6.07, 6.45) is 18.0. The quantitative estimate of drug-likeness (QED) is 0.136. The Morgan fingerprint density at radius 1 is 1.13 bits per heavy atom. The van der Waals surface area contributed by atoms with Crippen LogP contribution in [-0.2, 0) is 15.1 Å². The number of carbonyl (C=O) groups excluding carboxylic acids is 1. The van der Waals surface area contributed by atoms with E-state index in [1.807, 2.05) is 30.3 Å². The summed E-state index contributed by atoms with van der Waals surface area (Å²) in [6.45, 7) is 3.85. The zero-order valence-corrected chi connectivity index (χ0v) is 21.3. The molecule has 0 amide bonds. The molecule has 0 bridgehead atoms. The molecular formula is C33H30O5. The predicted molar refractivity (Wildman–Crippen MR) is 150 cm³/mol. The molecule has 3 aromatic carbocycles. The van der Waals surface area contributed by atoms with Crippen molar-refractivity contribution in [1.82, 2.24) is 0 Å². The molecule has 2 aliphatic rings. The van der Waals surface area contributed by atoms with Gasteiger partial charge in [0.1, 0.15) is 19.0 Å². The molecule has 0 radical (unpaired) electrons. The van der Waals surface area contributed by atoms with Gasteiger partial charge in [-0.25, -0.2) is 4.79 Å². The van der Waals surface area contributed by atoms with E-state index in [4.69, 9.17) is 18.9 Å². The average molecular weight is 507 g/mol. The van der Waals surface area contributed by atoms with E-state index in [1.165, 1.54) is 18.2 Å². The third-order valence-electron chi connectivity index (χ3n) is 6.80. The Morgan fingerprint density at radius 2 is 1.97 bits per heavy atom. The van der Waals surface area contributed by atoms with Gasteiger partial charge in [0, 0.05) is 23.1 Å². The van der Waals surface area contributed by atoms with E-state index in [1.54, 1.807) is 7.11 Å². The van der Waals surface area contributed by atoms with E-state index in [-0.39, 0.29) is 19.1 Å². The van der Waals surface area contributed by atoms with Crippen molar-refractivity contribution in [3.63, 3.8) is 0 Å². The van der Waals surface area contributed by atoms with Gasteiger partial charge in [0.05, 0.1) is 7.11 Å². The van der Waals surface area contributed by atoms with Crippen molar-refractivity contribution < 1.29 is 23.7 Å².